The monoisotopic (exact) mass is 175 g/mol. The zero-order chi connectivity index (χ0) is 8.67. The number of hydrogen-bond acceptors (Lipinski definition) is 3. The van der Waals surface area contributed by atoms with Crippen LogP contribution in [-0.2, 0) is 6.42 Å². The number of hydrogen-bond donors (Lipinski definition) is 0. The summed E-state index contributed by atoms with van der Waals surface area (Å²) in [6.07, 6.45) is 3.85. The van der Waals surface area contributed by atoms with Crippen molar-refractivity contribution >= 4 is 10.9 Å². The van der Waals surface area contributed by atoms with Gasteiger partial charge in [-0.3, -0.25) is 0 Å². The average molecular weight is 175 g/mol. The Morgan fingerprint density at radius 3 is 3.31 bits per heavy atom. The molecule has 1 aliphatic rings. The second-order valence-corrected chi connectivity index (χ2v) is 3.25. The number of nitrogens with zero attached hydrogens (tertiary/aromatic N) is 1. The van der Waals surface area contributed by atoms with Crippen molar-refractivity contribution in [1.82, 2.24) is 5.16 Å². The number of fused-ring (bicyclic) bond motifs is 3. The predicted octanol–water partition coefficient (Wildman–Crippen LogP) is 2.15. The molecule has 3 rings (SSSR count). The molecule has 1 aliphatic heterocycles. The minimum absolute atomic E-state index is 0.803. The lowest BCUT2D eigenvalue weighted by molar-refractivity contribution is 0.292. The average Bonchev–Trinajstić information content (AvgIpc) is 2.65. The van der Waals surface area contributed by atoms with E-state index in [1.54, 1.807) is 6.26 Å². The summed E-state index contributed by atoms with van der Waals surface area (Å²) in [5, 5.41) is 4.87. The Kier molecular flexibility index (Phi) is 1.33. The first-order chi connectivity index (χ1) is 6.45. The van der Waals surface area contributed by atoms with Gasteiger partial charge in [0.1, 0.15) is 17.5 Å². The van der Waals surface area contributed by atoms with Crippen molar-refractivity contribution in [2.45, 2.75) is 12.8 Å². The van der Waals surface area contributed by atoms with E-state index in [4.69, 9.17) is 9.26 Å². The zero-order valence-corrected chi connectivity index (χ0v) is 7.12. The summed E-state index contributed by atoms with van der Waals surface area (Å²) in [6, 6.07) is 4.05. The van der Waals surface area contributed by atoms with Crippen LogP contribution in [0, 0.1) is 0 Å². The van der Waals surface area contributed by atoms with Crippen molar-refractivity contribution in [1.29, 1.82) is 0 Å². The third kappa shape index (κ3) is 0.932. The van der Waals surface area contributed by atoms with Crippen molar-refractivity contribution in [3.05, 3.63) is 24.0 Å². The zero-order valence-electron chi connectivity index (χ0n) is 7.12. The summed E-state index contributed by atoms with van der Waals surface area (Å²) in [5.74, 6) is 0.963. The quantitative estimate of drug-likeness (QED) is 0.615. The molecule has 3 heteroatoms. The Bertz CT molecular complexity index is 447. The first-order valence-electron chi connectivity index (χ1n) is 4.44. The molecule has 1 aromatic heterocycles. The molecular formula is C10H9NO2. The highest BCUT2D eigenvalue weighted by Crippen LogP contribution is 2.32. The lowest BCUT2D eigenvalue weighted by Crippen LogP contribution is -2.08. The minimum atomic E-state index is 0.803. The van der Waals surface area contributed by atoms with Gasteiger partial charge in [-0.05, 0) is 24.5 Å². The summed E-state index contributed by atoms with van der Waals surface area (Å²) < 4.78 is 10.5. The number of aromatic nitrogens is 1. The number of benzene rings is 1. The summed E-state index contributed by atoms with van der Waals surface area (Å²) in [4.78, 5) is 0. The van der Waals surface area contributed by atoms with Crippen molar-refractivity contribution in [2.75, 3.05) is 6.61 Å². The number of ether oxygens (including phenoxy) is 1. The van der Waals surface area contributed by atoms with Gasteiger partial charge in [0.05, 0.1) is 12.0 Å². The minimum Gasteiger partial charge on any atom is -0.492 e. The van der Waals surface area contributed by atoms with Gasteiger partial charge in [-0.25, -0.2) is 0 Å². The van der Waals surface area contributed by atoms with Crippen LogP contribution >= 0.6 is 0 Å². The Morgan fingerprint density at radius 2 is 2.31 bits per heavy atom. The van der Waals surface area contributed by atoms with Crippen molar-refractivity contribution < 1.29 is 9.26 Å². The van der Waals surface area contributed by atoms with E-state index in [9.17, 15) is 0 Å². The van der Waals surface area contributed by atoms with Gasteiger partial charge >= 0.3 is 0 Å². The van der Waals surface area contributed by atoms with Crippen molar-refractivity contribution in [3.8, 4) is 5.75 Å². The van der Waals surface area contributed by atoms with Crippen LogP contribution in [0.25, 0.3) is 10.9 Å². The van der Waals surface area contributed by atoms with Gasteiger partial charge in [0.25, 0.3) is 0 Å². The van der Waals surface area contributed by atoms with Gasteiger partial charge in [0.15, 0.2) is 0 Å². The fraction of sp³-hybridized carbons (Fsp3) is 0.300. The molecule has 0 unspecified atom stereocenters. The molecule has 0 atom stereocenters. The molecule has 0 saturated carbocycles. The lowest BCUT2D eigenvalue weighted by atomic mass is 10.0. The highest BCUT2D eigenvalue weighted by atomic mass is 16.5. The first kappa shape index (κ1) is 6.95. The van der Waals surface area contributed by atoms with Gasteiger partial charge in [-0.1, -0.05) is 11.2 Å². The molecular weight excluding hydrogens is 166 g/mol. The molecule has 13 heavy (non-hydrogen) atoms. The van der Waals surface area contributed by atoms with Gasteiger partial charge in [0.2, 0.25) is 0 Å². The van der Waals surface area contributed by atoms with Crippen LogP contribution in [0.1, 0.15) is 12.0 Å². The molecule has 0 amide bonds. The molecule has 0 N–H and O–H groups in total. The molecule has 2 heterocycles. The second kappa shape index (κ2) is 2.49. The fourth-order valence-electron chi connectivity index (χ4n) is 1.77. The third-order valence-corrected chi connectivity index (χ3v) is 2.41. The molecule has 1 aromatic carbocycles. The number of rotatable bonds is 0. The van der Waals surface area contributed by atoms with E-state index in [0.717, 1.165) is 36.1 Å². The van der Waals surface area contributed by atoms with E-state index in [2.05, 4.69) is 11.2 Å². The normalized spacial score (nSPS) is 15.4. The Balaban J connectivity index is 2.34. The molecule has 0 aliphatic carbocycles. The van der Waals surface area contributed by atoms with Crippen LogP contribution in [0.4, 0.5) is 0 Å². The Labute approximate surface area is 75.3 Å². The molecule has 0 bridgehead atoms. The Hall–Kier alpha value is -1.51. The van der Waals surface area contributed by atoms with Crippen molar-refractivity contribution in [3.63, 3.8) is 0 Å². The fourth-order valence-corrected chi connectivity index (χ4v) is 1.77. The highest BCUT2D eigenvalue weighted by Gasteiger charge is 2.14. The third-order valence-electron chi connectivity index (χ3n) is 2.41. The van der Waals surface area contributed by atoms with Crippen LogP contribution < -0.4 is 4.74 Å². The molecule has 66 valence electrons. The summed E-state index contributed by atoms with van der Waals surface area (Å²) in [5.41, 5.74) is 2.14. The maximum Gasteiger partial charge on any atom is 0.135 e. The van der Waals surface area contributed by atoms with E-state index < -0.39 is 0 Å². The smallest absolute Gasteiger partial charge is 0.135 e. The lowest BCUT2D eigenvalue weighted by Gasteiger charge is -2.16. The summed E-state index contributed by atoms with van der Waals surface area (Å²) in [7, 11) is 0. The predicted molar refractivity (Wildman–Crippen MR) is 47.8 cm³/mol. The maximum absolute atomic E-state index is 5.60. The van der Waals surface area contributed by atoms with Crippen LogP contribution in [0.3, 0.4) is 0 Å². The molecule has 2 aromatic rings. The van der Waals surface area contributed by atoms with E-state index >= 15 is 0 Å². The summed E-state index contributed by atoms with van der Waals surface area (Å²) in [6.45, 7) is 0.803. The van der Waals surface area contributed by atoms with Gasteiger partial charge in [-0.2, -0.15) is 0 Å². The molecule has 0 fully saturated rings. The SMILES string of the molecule is c1cc2nocc2c2c1CCCO2. The first-order valence-corrected chi connectivity index (χ1v) is 4.44. The van der Waals surface area contributed by atoms with E-state index in [0.29, 0.717) is 0 Å². The van der Waals surface area contributed by atoms with Gasteiger partial charge in [-0.15, -0.1) is 0 Å². The molecule has 0 radical (unpaired) electrons. The standard InChI is InChI=1S/C10H9NO2/c1-2-7-3-4-9-8(6-13-11-9)10(7)12-5-1/h3-4,6H,1-2,5H2. The van der Waals surface area contributed by atoms with E-state index in [1.807, 2.05) is 6.07 Å². The van der Waals surface area contributed by atoms with Crippen molar-refractivity contribution in [2.24, 2.45) is 0 Å². The molecule has 0 spiro atoms. The van der Waals surface area contributed by atoms with Crippen LogP contribution in [0.15, 0.2) is 22.9 Å². The molecule has 0 saturated heterocycles. The highest BCUT2D eigenvalue weighted by molar-refractivity contribution is 5.85. The van der Waals surface area contributed by atoms with Crippen LogP contribution in [0.5, 0.6) is 5.75 Å². The van der Waals surface area contributed by atoms with Gasteiger partial charge in [0, 0.05) is 0 Å². The van der Waals surface area contributed by atoms with E-state index in [-0.39, 0.29) is 0 Å². The topological polar surface area (TPSA) is 35.3 Å². The van der Waals surface area contributed by atoms with E-state index in [1.165, 1.54) is 5.56 Å². The largest absolute Gasteiger partial charge is 0.492 e. The molecule has 3 nitrogen and oxygen atoms in total. The second-order valence-electron chi connectivity index (χ2n) is 3.25. The Morgan fingerprint density at radius 1 is 1.31 bits per heavy atom. The number of aryl methyl sites for hydroxylation is 1. The maximum atomic E-state index is 5.60. The van der Waals surface area contributed by atoms with Crippen LogP contribution in [-0.4, -0.2) is 11.8 Å². The summed E-state index contributed by atoms with van der Waals surface area (Å²) >= 11 is 0. The van der Waals surface area contributed by atoms with Gasteiger partial charge < -0.3 is 9.26 Å². The van der Waals surface area contributed by atoms with Crippen LogP contribution in [0.2, 0.25) is 0 Å².